The van der Waals surface area contributed by atoms with Crippen molar-refractivity contribution in [1.82, 2.24) is 29.9 Å². The van der Waals surface area contributed by atoms with Crippen LogP contribution in [0.25, 0.3) is 27.9 Å². The summed E-state index contributed by atoms with van der Waals surface area (Å²) in [4.78, 5) is 12.9. The fourth-order valence-corrected chi connectivity index (χ4v) is 5.19. The second-order valence-corrected chi connectivity index (χ2v) is 9.85. The Labute approximate surface area is 200 Å². The van der Waals surface area contributed by atoms with Crippen molar-refractivity contribution in [2.24, 2.45) is 11.8 Å². The molecule has 1 unspecified atom stereocenters. The van der Waals surface area contributed by atoms with Crippen molar-refractivity contribution in [2.45, 2.75) is 52.6 Å². The third kappa shape index (κ3) is 4.11. The smallest absolute Gasteiger partial charge is 0.214 e. The molecular weight excluding hydrogens is 428 g/mol. The first kappa shape index (κ1) is 22.7. The monoisotopic (exact) mass is 462 g/mol. The van der Waals surface area contributed by atoms with Crippen LogP contribution in [0.2, 0.25) is 0 Å². The Morgan fingerprint density at radius 1 is 1.12 bits per heavy atom. The number of hydrogen-bond acceptors (Lipinski definition) is 6. The van der Waals surface area contributed by atoms with E-state index < -0.39 is 0 Å². The molecule has 0 amide bonds. The lowest BCUT2D eigenvalue weighted by molar-refractivity contribution is 0.0681. The second-order valence-electron chi connectivity index (χ2n) is 9.85. The van der Waals surface area contributed by atoms with Crippen molar-refractivity contribution in [1.29, 1.82) is 0 Å². The van der Waals surface area contributed by atoms with Crippen LogP contribution in [0.3, 0.4) is 0 Å². The summed E-state index contributed by atoms with van der Waals surface area (Å²) in [6, 6.07) is 6.08. The summed E-state index contributed by atoms with van der Waals surface area (Å²) in [6.45, 7) is 11.0. The van der Waals surface area contributed by atoms with Crippen molar-refractivity contribution in [3.05, 3.63) is 36.3 Å². The largest absolute Gasteiger partial charge is 0.493 e. The second kappa shape index (κ2) is 9.25. The molecule has 8 heteroatoms. The summed E-state index contributed by atoms with van der Waals surface area (Å²) >= 11 is 0. The summed E-state index contributed by atoms with van der Waals surface area (Å²) in [5, 5.41) is 7.78. The number of pyridine rings is 2. The first-order valence-corrected chi connectivity index (χ1v) is 12.2. The van der Waals surface area contributed by atoms with Crippen LogP contribution in [0.5, 0.6) is 11.6 Å². The molecule has 0 radical (unpaired) electrons. The number of piperidine rings is 1. The minimum atomic E-state index is 0.159. The predicted molar refractivity (Wildman–Crippen MR) is 134 cm³/mol. The van der Waals surface area contributed by atoms with Crippen molar-refractivity contribution < 1.29 is 9.47 Å². The van der Waals surface area contributed by atoms with E-state index in [1.165, 1.54) is 6.33 Å². The molecule has 1 aliphatic heterocycles. The van der Waals surface area contributed by atoms with E-state index in [0.717, 1.165) is 53.8 Å². The maximum Gasteiger partial charge on any atom is 0.214 e. The van der Waals surface area contributed by atoms with Crippen molar-refractivity contribution >= 4 is 16.7 Å². The fraction of sp³-hybridized carbons (Fsp3) is 0.500. The molecule has 2 N–H and O–H groups in total. The van der Waals surface area contributed by atoms with Gasteiger partial charge in [-0.3, -0.25) is 0 Å². The molecule has 5 heterocycles. The van der Waals surface area contributed by atoms with Crippen molar-refractivity contribution in [3.8, 4) is 22.9 Å². The zero-order chi connectivity index (χ0) is 23.8. The standard InChI is InChI=1S/C26H34N6O2/c1-15(2)22-23(18-12-20(33-5)26-28-14-29-32(26)13-18)30-19-6-7-21(31-24(19)22)34-25(16(3)4)17-8-10-27-11-9-17/h6-7,12-17,25,27,30H,8-11H2,1-5H3. The summed E-state index contributed by atoms with van der Waals surface area (Å²) in [7, 11) is 1.65. The zero-order valence-corrected chi connectivity index (χ0v) is 20.6. The van der Waals surface area contributed by atoms with Crippen LogP contribution >= 0.6 is 0 Å². The zero-order valence-electron chi connectivity index (χ0n) is 20.6. The topological polar surface area (TPSA) is 89.4 Å². The third-order valence-electron chi connectivity index (χ3n) is 6.84. The van der Waals surface area contributed by atoms with Crippen LogP contribution in [-0.4, -0.2) is 50.9 Å². The molecular formula is C26H34N6O2. The number of ether oxygens (including phenoxy) is 2. The molecule has 8 nitrogen and oxygen atoms in total. The van der Waals surface area contributed by atoms with Gasteiger partial charge < -0.3 is 19.8 Å². The number of methoxy groups -OCH3 is 1. The highest BCUT2D eigenvalue weighted by Crippen LogP contribution is 2.37. The Morgan fingerprint density at radius 3 is 2.62 bits per heavy atom. The molecule has 4 aromatic rings. The SMILES string of the molecule is COc1cc(-c2[nH]c3ccc(OC(C(C)C)C4CCNCC4)nc3c2C(C)C)cn2ncnc12. The number of aromatic amines is 1. The molecule has 4 aromatic heterocycles. The van der Waals surface area contributed by atoms with Gasteiger partial charge >= 0.3 is 0 Å². The molecule has 180 valence electrons. The molecule has 5 rings (SSSR count). The van der Waals surface area contributed by atoms with Crippen LogP contribution in [0, 0.1) is 11.8 Å². The number of aromatic nitrogens is 5. The maximum absolute atomic E-state index is 6.56. The van der Waals surface area contributed by atoms with Crippen molar-refractivity contribution in [3.63, 3.8) is 0 Å². The normalized spacial score (nSPS) is 16.1. The summed E-state index contributed by atoms with van der Waals surface area (Å²) in [5.74, 6) is 2.61. The van der Waals surface area contributed by atoms with E-state index in [0.29, 0.717) is 29.1 Å². The number of nitrogens with one attached hydrogen (secondary N) is 2. The molecule has 1 aliphatic rings. The molecule has 0 saturated carbocycles. The van der Waals surface area contributed by atoms with Gasteiger partial charge in [0.2, 0.25) is 5.88 Å². The Balaban J connectivity index is 1.56. The predicted octanol–water partition coefficient (Wildman–Crippen LogP) is 4.81. The third-order valence-corrected chi connectivity index (χ3v) is 6.84. The van der Waals surface area contributed by atoms with Crippen LogP contribution in [0.1, 0.15) is 52.0 Å². The number of fused-ring (bicyclic) bond motifs is 2. The minimum absolute atomic E-state index is 0.159. The van der Waals surface area contributed by atoms with Crippen LogP contribution in [0.4, 0.5) is 0 Å². The molecule has 1 fully saturated rings. The van der Waals surface area contributed by atoms with E-state index in [1.807, 2.05) is 18.3 Å². The first-order chi connectivity index (χ1) is 16.5. The molecule has 0 aromatic carbocycles. The lowest BCUT2D eigenvalue weighted by Crippen LogP contribution is -2.39. The molecule has 1 saturated heterocycles. The Hall–Kier alpha value is -3.13. The number of nitrogens with zero attached hydrogens (tertiary/aromatic N) is 4. The van der Waals surface area contributed by atoms with Crippen LogP contribution in [0.15, 0.2) is 30.7 Å². The Bertz CT molecular complexity index is 1290. The van der Waals surface area contributed by atoms with Gasteiger partial charge in [-0.05, 0) is 55.8 Å². The van der Waals surface area contributed by atoms with Crippen molar-refractivity contribution in [2.75, 3.05) is 20.2 Å². The molecule has 0 aliphatic carbocycles. The summed E-state index contributed by atoms with van der Waals surface area (Å²) in [6.07, 6.45) is 5.96. The molecule has 1 atom stereocenters. The van der Waals surface area contributed by atoms with E-state index in [1.54, 1.807) is 11.6 Å². The van der Waals surface area contributed by atoms with Gasteiger partial charge in [0.15, 0.2) is 11.4 Å². The Kier molecular flexibility index (Phi) is 6.16. The highest BCUT2D eigenvalue weighted by molar-refractivity contribution is 5.89. The highest BCUT2D eigenvalue weighted by Gasteiger charge is 2.29. The van der Waals surface area contributed by atoms with E-state index in [4.69, 9.17) is 14.5 Å². The van der Waals surface area contributed by atoms with Crippen LogP contribution < -0.4 is 14.8 Å². The lowest BCUT2D eigenvalue weighted by atomic mass is 9.86. The van der Waals surface area contributed by atoms with Gasteiger partial charge in [0, 0.05) is 23.4 Å². The lowest BCUT2D eigenvalue weighted by Gasteiger charge is -2.33. The van der Waals surface area contributed by atoms with Gasteiger partial charge in [0.25, 0.3) is 0 Å². The molecule has 0 bridgehead atoms. The summed E-state index contributed by atoms with van der Waals surface area (Å²) < 4.78 is 13.9. The number of hydrogen-bond donors (Lipinski definition) is 2. The number of H-pyrrole nitrogens is 1. The van der Waals surface area contributed by atoms with Gasteiger partial charge in [-0.2, -0.15) is 5.10 Å². The first-order valence-electron chi connectivity index (χ1n) is 12.2. The fourth-order valence-electron chi connectivity index (χ4n) is 5.19. The average Bonchev–Trinajstić information content (AvgIpc) is 3.46. The minimum Gasteiger partial charge on any atom is -0.493 e. The van der Waals surface area contributed by atoms with E-state index in [2.05, 4.69) is 54.1 Å². The van der Waals surface area contributed by atoms with Gasteiger partial charge in [-0.25, -0.2) is 14.5 Å². The molecule has 34 heavy (non-hydrogen) atoms. The van der Waals surface area contributed by atoms with Gasteiger partial charge in [-0.15, -0.1) is 0 Å². The van der Waals surface area contributed by atoms with E-state index >= 15 is 0 Å². The number of rotatable bonds is 7. The van der Waals surface area contributed by atoms with E-state index in [-0.39, 0.29) is 12.0 Å². The van der Waals surface area contributed by atoms with Gasteiger partial charge in [0.05, 0.1) is 23.8 Å². The average molecular weight is 463 g/mol. The highest BCUT2D eigenvalue weighted by atomic mass is 16.5. The van der Waals surface area contributed by atoms with Crippen LogP contribution in [-0.2, 0) is 0 Å². The van der Waals surface area contributed by atoms with Gasteiger partial charge in [0.1, 0.15) is 12.4 Å². The quantitative estimate of drug-likeness (QED) is 0.410. The Morgan fingerprint density at radius 2 is 1.91 bits per heavy atom. The van der Waals surface area contributed by atoms with Gasteiger partial charge in [-0.1, -0.05) is 27.7 Å². The maximum atomic E-state index is 6.56. The van der Waals surface area contributed by atoms with E-state index in [9.17, 15) is 0 Å². The molecule has 0 spiro atoms. The summed E-state index contributed by atoms with van der Waals surface area (Å²) in [5.41, 5.74) is 5.79.